The summed E-state index contributed by atoms with van der Waals surface area (Å²) in [4.78, 5) is 17.9. The second-order valence-electron chi connectivity index (χ2n) is 4.48. The molecule has 5 heteroatoms. The molecule has 0 unspecified atom stereocenters. The van der Waals surface area contributed by atoms with Crippen LogP contribution in [0.15, 0.2) is 18.2 Å². The minimum atomic E-state index is 0.0298. The van der Waals surface area contributed by atoms with E-state index in [1.807, 2.05) is 29.7 Å². The average molecular weight is 266 g/mol. The van der Waals surface area contributed by atoms with Crippen molar-refractivity contribution in [2.75, 3.05) is 14.1 Å². The molecule has 18 heavy (non-hydrogen) atoms. The highest BCUT2D eigenvalue weighted by atomic mass is 35.5. The Bertz CT molecular complexity index is 589. The van der Waals surface area contributed by atoms with E-state index < -0.39 is 0 Å². The molecule has 0 N–H and O–H groups in total. The van der Waals surface area contributed by atoms with Gasteiger partial charge in [0, 0.05) is 14.1 Å². The lowest BCUT2D eigenvalue weighted by Crippen LogP contribution is -2.26. The van der Waals surface area contributed by atoms with Gasteiger partial charge in [-0.3, -0.25) is 4.79 Å². The van der Waals surface area contributed by atoms with Crippen LogP contribution in [0.3, 0.4) is 0 Å². The lowest BCUT2D eigenvalue weighted by Gasteiger charge is -2.12. The summed E-state index contributed by atoms with van der Waals surface area (Å²) in [6, 6.07) is 5.94. The van der Waals surface area contributed by atoms with Gasteiger partial charge in [-0.05, 0) is 18.6 Å². The Morgan fingerprint density at radius 3 is 2.78 bits per heavy atom. The first-order valence-corrected chi connectivity index (χ1v) is 6.29. The molecule has 0 radical (unpaired) electrons. The summed E-state index contributed by atoms with van der Waals surface area (Å²) in [6.45, 7) is 2.28. The molecule has 0 atom stereocenters. The van der Waals surface area contributed by atoms with Crippen molar-refractivity contribution in [2.24, 2.45) is 0 Å². The molecule has 4 nitrogen and oxygen atoms in total. The second-order valence-corrected chi connectivity index (χ2v) is 4.75. The molecular weight excluding hydrogens is 250 g/mol. The number of carbonyl (C=O) groups is 1. The normalized spacial score (nSPS) is 10.9. The van der Waals surface area contributed by atoms with E-state index in [0.717, 1.165) is 22.4 Å². The predicted molar refractivity (Wildman–Crippen MR) is 72.7 cm³/mol. The maximum Gasteiger partial charge on any atom is 0.242 e. The monoisotopic (exact) mass is 265 g/mol. The van der Waals surface area contributed by atoms with Gasteiger partial charge in [-0.2, -0.15) is 0 Å². The van der Waals surface area contributed by atoms with Gasteiger partial charge in [0.15, 0.2) is 0 Å². The summed E-state index contributed by atoms with van der Waals surface area (Å²) >= 11 is 5.91. The molecule has 0 spiro atoms. The molecule has 0 saturated heterocycles. The fourth-order valence-corrected chi connectivity index (χ4v) is 2.09. The summed E-state index contributed by atoms with van der Waals surface area (Å²) in [5.74, 6) is 1.06. The third-order valence-electron chi connectivity index (χ3n) is 2.97. The van der Waals surface area contributed by atoms with E-state index in [0.29, 0.717) is 5.88 Å². The molecule has 2 aromatic rings. The molecule has 1 amide bonds. The molecule has 2 rings (SSSR count). The number of likely N-dealkylation sites (N-methyl/N-ethyl adjacent to an activating group) is 1. The predicted octanol–water partition coefficient (Wildman–Crippen LogP) is 2.17. The van der Waals surface area contributed by atoms with Crippen LogP contribution >= 0.6 is 11.6 Å². The van der Waals surface area contributed by atoms with Gasteiger partial charge in [-0.1, -0.05) is 12.1 Å². The summed E-state index contributed by atoms with van der Waals surface area (Å²) in [6.07, 6.45) is 0. The quantitative estimate of drug-likeness (QED) is 0.798. The summed E-state index contributed by atoms with van der Waals surface area (Å²) in [7, 11) is 3.49. The topological polar surface area (TPSA) is 38.1 Å². The van der Waals surface area contributed by atoms with Crippen LogP contribution in [0.2, 0.25) is 0 Å². The van der Waals surface area contributed by atoms with E-state index >= 15 is 0 Å². The number of imidazole rings is 1. The van der Waals surface area contributed by atoms with Gasteiger partial charge >= 0.3 is 0 Å². The third kappa shape index (κ3) is 2.20. The van der Waals surface area contributed by atoms with Crippen LogP contribution in [-0.4, -0.2) is 34.5 Å². The Morgan fingerprint density at radius 1 is 1.44 bits per heavy atom. The van der Waals surface area contributed by atoms with Crippen molar-refractivity contribution in [1.29, 1.82) is 0 Å². The van der Waals surface area contributed by atoms with Crippen molar-refractivity contribution in [2.45, 2.75) is 19.3 Å². The van der Waals surface area contributed by atoms with Crippen molar-refractivity contribution in [3.8, 4) is 0 Å². The Labute approximate surface area is 111 Å². The van der Waals surface area contributed by atoms with E-state index in [4.69, 9.17) is 11.6 Å². The SMILES string of the molecule is Cc1cccc2c1nc(CCl)n2CC(=O)N(C)C. The first kappa shape index (κ1) is 12.9. The average Bonchev–Trinajstić information content (AvgIpc) is 2.69. The van der Waals surface area contributed by atoms with Crippen molar-refractivity contribution in [3.63, 3.8) is 0 Å². The number of carbonyl (C=O) groups excluding carboxylic acids is 1. The van der Waals surface area contributed by atoms with Gasteiger partial charge in [-0.15, -0.1) is 11.6 Å². The molecule has 0 aliphatic rings. The van der Waals surface area contributed by atoms with Crippen molar-refractivity contribution < 1.29 is 4.79 Å². The zero-order valence-electron chi connectivity index (χ0n) is 10.8. The molecule has 1 aromatic heterocycles. The van der Waals surface area contributed by atoms with E-state index in [1.54, 1.807) is 19.0 Å². The molecule has 0 bridgehead atoms. The lowest BCUT2D eigenvalue weighted by molar-refractivity contribution is -0.129. The summed E-state index contributed by atoms with van der Waals surface area (Å²) in [5.41, 5.74) is 2.97. The van der Waals surface area contributed by atoms with Gasteiger partial charge in [0.25, 0.3) is 0 Å². The number of amides is 1. The van der Waals surface area contributed by atoms with Crippen LogP contribution in [0.4, 0.5) is 0 Å². The van der Waals surface area contributed by atoms with Gasteiger partial charge < -0.3 is 9.47 Å². The molecule has 0 saturated carbocycles. The van der Waals surface area contributed by atoms with Crippen molar-refractivity contribution >= 4 is 28.5 Å². The Kier molecular flexibility index (Phi) is 3.57. The van der Waals surface area contributed by atoms with Crippen LogP contribution in [0, 0.1) is 6.92 Å². The number of aryl methyl sites for hydroxylation is 1. The molecule has 0 aliphatic heterocycles. The number of rotatable bonds is 3. The minimum Gasteiger partial charge on any atom is -0.347 e. The number of halogens is 1. The van der Waals surface area contributed by atoms with Crippen LogP contribution in [0.25, 0.3) is 11.0 Å². The highest BCUT2D eigenvalue weighted by Crippen LogP contribution is 2.20. The van der Waals surface area contributed by atoms with Crippen LogP contribution in [0.5, 0.6) is 0 Å². The van der Waals surface area contributed by atoms with E-state index in [9.17, 15) is 4.79 Å². The minimum absolute atomic E-state index is 0.0298. The largest absolute Gasteiger partial charge is 0.347 e. The number of benzene rings is 1. The number of alkyl halides is 1. The number of hydrogen-bond donors (Lipinski definition) is 0. The van der Waals surface area contributed by atoms with Gasteiger partial charge in [0.2, 0.25) is 5.91 Å². The fraction of sp³-hybridized carbons (Fsp3) is 0.385. The van der Waals surface area contributed by atoms with E-state index in [-0.39, 0.29) is 12.5 Å². The van der Waals surface area contributed by atoms with Gasteiger partial charge in [0.1, 0.15) is 12.4 Å². The van der Waals surface area contributed by atoms with Crippen molar-refractivity contribution in [3.05, 3.63) is 29.6 Å². The zero-order chi connectivity index (χ0) is 13.3. The highest BCUT2D eigenvalue weighted by Gasteiger charge is 2.14. The fourth-order valence-electron chi connectivity index (χ4n) is 1.89. The highest BCUT2D eigenvalue weighted by molar-refractivity contribution is 6.16. The third-order valence-corrected chi connectivity index (χ3v) is 3.21. The Hall–Kier alpha value is -1.55. The molecule has 1 heterocycles. The number of fused-ring (bicyclic) bond motifs is 1. The molecule has 0 aliphatic carbocycles. The number of aromatic nitrogens is 2. The molecule has 96 valence electrons. The maximum absolute atomic E-state index is 11.8. The van der Waals surface area contributed by atoms with Gasteiger partial charge in [0.05, 0.1) is 16.9 Å². The summed E-state index contributed by atoms with van der Waals surface area (Å²) < 4.78 is 1.89. The Balaban J connectivity index is 2.54. The standard InChI is InChI=1S/C13H16ClN3O/c1-9-5-4-6-10-13(9)15-11(7-14)17(10)8-12(18)16(2)3/h4-6H,7-8H2,1-3H3. The number of para-hydroxylation sites is 1. The number of nitrogens with zero attached hydrogens (tertiary/aromatic N) is 3. The van der Waals surface area contributed by atoms with Gasteiger partial charge in [-0.25, -0.2) is 4.98 Å². The lowest BCUT2D eigenvalue weighted by atomic mass is 10.2. The second kappa shape index (κ2) is 4.98. The van der Waals surface area contributed by atoms with Crippen LogP contribution in [0.1, 0.15) is 11.4 Å². The molecule has 1 aromatic carbocycles. The summed E-state index contributed by atoms with van der Waals surface area (Å²) in [5, 5.41) is 0. The molecule has 0 fully saturated rings. The first-order chi connectivity index (χ1) is 8.54. The number of hydrogen-bond acceptors (Lipinski definition) is 2. The van der Waals surface area contributed by atoms with Crippen molar-refractivity contribution in [1.82, 2.24) is 14.5 Å². The van der Waals surface area contributed by atoms with E-state index in [2.05, 4.69) is 4.98 Å². The first-order valence-electron chi connectivity index (χ1n) is 5.75. The van der Waals surface area contributed by atoms with E-state index in [1.165, 1.54) is 0 Å². The van der Waals surface area contributed by atoms with Crippen LogP contribution in [-0.2, 0) is 17.2 Å². The Morgan fingerprint density at radius 2 is 2.17 bits per heavy atom. The smallest absolute Gasteiger partial charge is 0.242 e. The zero-order valence-corrected chi connectivity index (χ0v) is 11.5. The van der Waals surface area contributed by atoms with Crippen LogP contribution < -0.4 is 0 Å². The molecular formula is C13H16ClN3O. The maximum atomic E-state index is 11.8.